The van der Waals surface area contributed by atoms with Crippen molar-refractivity contribution in [3.05, 3.63) is 0 Å². The normalized spacial score (nSPS) is 25.0. The largest absolute Gasteiger partial charge is 0.316 e. The van der Waals surface area contributed by atoms with E-state index >= 15 is 0 Å². The van der Waals surface area contributed by atoms with Gasteiger partial charge in [-0.2, -0.15) is 0 Å². The van der Waals surface area contributed by atoms with Gasteiger partial charge in [0.05, 0.1) is 0 Å². The fraction of sp³-hybridized carbons (Fsp3) is 1.00. The molecule has 1 heterocycles. The molecule has 0 aromatic heterocycles. The summed E-state index contributed by atoms with van der Waals surface area (Å²) >= 11 is 0. The van der Waals surface area contributed by atoms with Gasteiger partial charge in [0, 0.05) is 0 Å². The molecule has 27 heavy (non-hydrogen) atoms. The quantitative estimate of drug-likeness (QED) is 0.448. The molecule has 1 nitrogen and oxygen atoms in total. The standard InChI is InChI=1S/C10H20.C8H17N.C8H16/c1-10(2,3)9-7-5-4-6-8-9;1-8(2,3)7-4-5-9-6-7;1-8(2,3)7-5-4-6-7/h9H,4-8H2,1-3H3;7,9H,4-6H2,1-3H3;7H,4-6H2,1-3H3. The summed E-state index contributed by atoms with van der Waals surface area (Å²) in [5.74, 6) is 2.93. The van der Waals surface area contributed by atoms with Gasteiger partial charge in [0.25, 0.3) is 0 Å². The molecule has 2 aliphatic carbocycles. The van der Waals surface area contributed by atoms with Crippen molar-refractivity contribution in [2.24, 2.45) is 34.0 Å². The van der Waals surface area contributed by atoms with E-state index in [4.69, 9.17) is 0 Å². The van der Waals surface area contributed by atoms with Crippen LogP contribution in [0, 0.1) is 34.0 Å². The van der Waals surface area contributed by atoms with E-state index in [1.807, 2.05) is 0 Å². The maximum atomic E-state index is 3.38. The molecule has 162 valence electrons. The second kappa shape index (κ2) is 10.7. The summed E-state index contributed by atoms with van der Waals surface area (Å²) in [5, 5.41) is 3.38. The maximum absolute atomic E-state index is 3.38. The molecule has 0 spiro atoms. The van der Waals surface area contributed by atoms with Crippen molar-refractivity contribution in [2.45, 2.75) is 120 Å². The Hall–Kier alpha value is -0.0400. The summed E-state index contributed by atoms with van der Waals surface area (Å²) in [5.41, 5.74) is 1.68. The monoisotopic (exact) mass is 379 g/mol. The Morgan fingerprint density at radius 2 is 0.889 bits per heavy atom. The first-order valence-corrected chi connectivity index (χ1v) is 12.0. The molecule has 1 unspecified atom stereocenters. The smallest absolute Gasteiger partial charge is 0.00150 e. The molecule has 0 bridgehead atoms. The molecule has 0 aromatic carbocycles. The van der Waals surface area contributed by atoms with Gasteiger partial charge in [0.2, 0.25) is 0 Å². The molecule has 0 radical (unpaired) electrons. The van der Waals surface area contributed by atoms with Gasteiger partial charge in [-0.3, -0.25) is 0 Å². The Morgan fingerprint density at radius 3 is 1.07 bits per heavy atom. The number of rotatable bonds is 0. The molecule has 1 saturated heterocycles. The first-order chi connectivity index (χ1) is 12.3. The molecule has 2 saturated carbocycles. The van der Waals surface area contributed by atoms with Gasteiger partial charge in [0.15, 0.2) is 0 Å². The number of nitrogens with one attached hydrogen (secondary N) is 1. The first kappa shape index (κ1) is 25.0. The van der Waals surface area contributed by atoms with E-state index in [0.29, 0.717) is 16.2 Å². The molecular weight excluding hydrogens is 326 g/mol. The average Bonchev–Trinajstić information content (AvgIpc) is 2.99. The molecule has 0 aromatic rings. The topological polar surface area (TPSA) is 12.0 Å². The number of hydrogen-bond acceptors (Lipinski definition) is 1. The van der Waals surface area contributed by atoms with Crippen LogP contribution in [-0.2, 0) is 0 Å². The van der Waals surface area contributed by atoms with E-state index in [-0.39, 0.29) is 0 Å². The van der Waals surface area contributed by atoms with Crippen LogP contribution < -0.4 is 5.32 Å². The van der Waals surface area contributed by atoms with Crippen LogP contribution in [0.25, 0.3) is 0 Å². The van der Waals surface area contributed by atoms with Crippen LogP contribution in [0.3, 0.4) is 0 Å². The molecule has 1 N–H and O–H groups in total. The predicted molar refractivity (Wildman–Crippen MR) is 123 cm³/mol. The van der Waals surface area contributed by atoms with Crippen molar-refractivity contribution in [1.29, 1.82) is 0 Å². The van der Waals surface area contributed by atoms with Gasteiger partial charge >= 0.3 is 0 Å². The Labute approximate surface area is 172 Å². The summed E-state index contributed by atoms with van der Waals surface area (Å²) in [7, 11) is 0. The lowest BCUT2D eigenvalue weighted by molar-refractivity contribution is 0.141. The Bertz CT molecular complexity index is 374. The lowest BCUT2D eigenvalue weighted by Crippen LogP contribution is -2.26. The Morgan fingerprint density at radius 1 is 0.481 bits per heavy atom. The predicted octanol–water partition coefficient (Wildman–Crippen LogP) is 8.09. The van der Waals surface area contributed by atoms with Crippen molar-refractivity contribution >= 4 is 0 Å². The molecule has 1 heteroatoms. The minimum atomic E-state index is 0.517. The van der Waals surface area contributed by atoms with Crippen molar-refractivity contribution < 1.29 is 0 Å². The second-order valence-electron chi connectivity index (χ2n) is 12.8. The van der Waals surface area contributed by atoms with Crippen LogP contribution in [0.4, 0.5) is 0 Å². The SMILES string of the molecule is CC(C)(C)C1CCC1.CC(C)(C)C1CCCCC1.CC(C)(C)C1CCNC1. The Kier molecular flexibility index (Phi) is 9.86. The van der Waals surface area contributed by atoms with Crippen LogP contribution >= 0.6 is 0 Å². The zero-order valence-electron chi connectivity index (χ0n) is 20.5. The molecule has 3 fully saturated rings. The summed E-state index contributed by atoms with van der Waals surface area (Å²) in [6, 6.07) is 0. The number of hydrogen-bond donors (Lipinski definition) is 1. The van der Waals surface area contributed by atoms with Gasteiger partial charge in [-0.05, 0) is 79.2 Å². The van der Waals surface area contributed by atoms with Crippen LogP contribution in [0.15, 0.2) is 0 Å². The third-order valence-electron chi connectivity index (χ3n) is 7.44. The highest BCUT2D eigenvalue weighted by Gasteiger charge is 2.29. The highest BCUT2D eigenvalue weighted by Crippen LogP contribution is 2.41. The minimum Gasteiger partial charge on any atom is -0.316 e. The average molecular weight is 380 g/mol. The summed E-state index contributed by atoms with van der Waals surface area (Å²) in [6.45, 7) is 23.6. The van der Waals surface area contributed by atoms with Gasteiger partial charge in [-0.15, -0.1) is 0 Å². The van der Waals surface area contributed by atoms with Crippen molar-refractivity contribution in [1.82, 2.24) is 5.32 Å². The highest BCUT2D eigenvalue weighted by molar-refractivity contribution is 4.81. The van der Waals surface area contributed by atoms with Gasteiger partial charge in [-0.25, -0.2) is 0 Å². The van der Waals surface area contributed by atoms with E-state index in [1.54, 1.807) is 0 Å². The molecule has 3 aliphatic rings. The Balaban J connectivity index is 0.000000204. The summed E-state index contributed by atoms with van der Waals surface area (Å²) < 4.78 is 0. The molecule has 1 atom stereocenters. The fourth-order valence-corrected chi connectivity index (χ4v) is 4.64. The van der Waals surface area contributed by atoms with E-state index in [2.05, 4.69) is 67.6 Å². The van der Waals surface area contributed by atoms with Crippen molar-refractivity contribution in [3.8, 4) is 0 Å². The summed E-state index contributed by atoms with van der Waals surface area (Å²) in [6.07, 6.45) is 13.2. The molecule has 1 aliphatic heterocycles. The van der Waals surface area contributed by atoms with E-state index in [1.165, 1.54) is 70.9 Å². The highest BCUT2D eigenvalue weighted by atomic mass is 14.9. The van der Waals surface area contributed by atoms with Gasteiger partial charge in [0.1, 0.15) is 0 Å². The summed E-state index contributed by atoms with van der Waals surface area (Å²) in [4.78, 5) is 0. The van der Waals surface area contributed by atoms with Crippen molar-refractivity contribution in [3.63, 3.8) is 0 Å². The fourth-order valence-electron chi connectivity index (χ4n) is 4.64. The zero-order valence-corrected chi connectivity index (χ0v) is 20.5. The zero-order chi connectivity index (χ0) is 20.7. The molecule has 0 amide bonds. The van der Waals surface area contributed by atoms with Crippen molar-refractivity contribution in [2.75, 3.05) is 13.1 Å². The van der Waals surface area contributed by atoms with Crippen LogP contribution in [0.2, 0.25) is 0 Å². The van der Waals surface area contributed by atoms with Crippen LogP contribution in [0.5, 0.6) is 0 Å². The third kappa shape index (κ3) is 9.82. The van der Waals surface area contributed by atoms with Crippen LogP contribution in [0.1, 0.15) is 120 Å². The second-order valence-corrected chi connectivity index (χ2v) is 12.8. The molecule has 3 rings (SSSR count). The van der Waals surface area contributed by atoms with Gasteiger partial charge < -0.3 is 5.32 Å². The van der Waals surface area contributed by atoms with E-state index in [0.717, 1.165) is 17.8 Å². The lowest BCUT2D eigenvalue weighted by atomic mass is 9.69. The molecular formula is C26H53N. The maximum Gasteiger partial charge on any atom is -0.00150 e. The first-order valence-electron chi connectivity index (χ1n) is 12.0. The van der Waals surface area contributed by atoms with Crippen LogP contribution in [-0.4, -0.2) is 13.1 Å². The third-order valence-corrected chi connectivity index (χ3v) is 7.44. The van der Waals surface area contributed by atoms with Gasteiger partial charge in [-0.1, -0.05) is 88.0 Å². The minimum absolute atomic E-state index is 0.517. The van der Waals surface area contributed by atoms with E-state index < -0.39 is 0 Å². The lowest BCUT2D eigenvalue weighted by Gasteiger charge is -2.37. The van der Waals surface area contributed by atoms with E-state index in [9.17, 15) is 0 Å².